The van der Waals surface area contributed by atoms with Gasteiger partial charge in [-0.15, -0.1) is 0 Å². The smallest absolute Gasteiger partial charge is 0.273 e. The zero-order chi connectivity index (χ0) is 13.4. The number of nitrogens with zero attached hydrogens (tertiary/aromatic N) is 2. The molecule has 0 bridgehead atoms. The molecule has 1 N–H and O–H groups in total. The van der Waals surface area contributed by atoms with E-state index in [1.54, 1.807) is 30.6 Å². The fourth-order valence-corrected chi connectivity index (χ4v) is 2.31. The van der Waals surface area contributed by atoms with Gasteiger partial charge in [0.15, 0.2) is 5.82 Å². The number of aromatic nitrogens is 2. The molecule has 0 aliphatic heterocycles. The quantitative estimate of drug-likeness (QED) is 0.937. The minimum Gasteiger partial charge on any atom is -0.339 e. The van der Waals surface area contributed by atoms with Gasteiger partial charge in [-0.1, -0.05) is 23.2 Å². The largest absolute Gasteiger partial charge is 0.339 e. The first-order valence-corrected chi connectivity index (χ1v) is 6.70. The van der Waals surface area contributed by atoms with Gasteiger partial charge >= 0.3 is 0 Å². The van der Waals surface area contributed by atoms with Crippen molar-refractivity contribution >= 4 is 34.9 Å². The highest BCUT2D eigenvalue weighted by atomic mass is 35.5. The zero-order valence-corrected chi connectivity index (χ0v) is 11.4. The van der Waals surface area contributed by atoms with E-state index in [4.69, 9.17) is 23.2 Å². The fraction of sp³-hybridized carbons (Fsp3) is 0.231. The van der Waals surface area contributed by atoms with Gasteiger partial charge in [0, 0.05) is 18.4 Å². The molecule has 98 valence electrons. The number of hydrogen-bond acceptors (Lipinski definition) is 2. The average molecular weight is 296 g/mol. The van der Waals surface area contributed by atoms with Gasteiger partial charge in [-0.2, -0.15) is 0 Å². The molecule has 3 rings (SSSR count). The highest BCUT2D eigenvalue weighted by molar-refractivity contribution is 6.33. The third kappa shape index (κ3) is 2.60. The Balaban J connectivity index is 1.86. The van der Waals surface area contributed by atoms with E-state index in [0.29, 0.717) is 27.6 Å². The molecule has 1 fully saturated rings. The molecule has 0 unspecified atom stereocenters. The highest BCUT2D eigenvalue weighted by Gasteiger charge is 2.28. The van der Waals surface area contributed by atoms with Gasteiger partial charge in [0.05, 0.1) is 10.0 Å². The molecule has 6 heteroatoms. The van der Waals surface area contributed by atoms with E-state index < -0.39 is 0 Å². The molecule has 0 aromatic carbocycles. The van der Waals surface area contributed by atoms with Gasteiger partial charge in [0.1, 0.15) is 5.69 Å². The van der Waals surface area contributed by atoms with E-state index >= 15 is 0 Å². The maximum Gasteiger partial charge on any atom is 0.273 e. The molecule has 2 aromatic heterocycles. The van der Waals surface area contributed by atoms with Crippen LogP contribution in [0.3, 0.4) is 0 Å². The molecule has 0 saturated heterocycles. The van der Waals surface area contributed by atoms with E-state index in [1.165, 1.54) is 0 Å². The summed E-state index contributed by atoms with van der Waals surface area (Å²) < 4.78 is 1.91. The Morgan fingerprint density at radius 2 is 2.21 bits per heavy atom. The second-order valence-corrected chi connectivity index (χ2v) is 5.31. The highest BCUT2D eigenvalue weighted by Crippen LogP contribution is 2.37. The molecule has 0 spiro atoms. The predicted molar refractivity (Wildman–Crippen MR) is 74.9 cm³/mol. The first kappa shape index (κ1) is 12.5. The molecule has 19 heavy (non-hydrogen) atoms. The molecule has 1 amide bonds. The van der Waals surface area contributed by atoms with Crippen molar-refractivity contribution in [2.75, 3.05) is 5.32 Å². The summed E-state index contributed by atoms with van der Waals surface area (Å²) in [5.74, 6) is 0.105. The second-order valence-electron chi connectivity index (χ2n) is 4.47. The molecular weight excluding hydrogens is 285 g/mol. The summed E-state index contributed by atoms with van der Waals surface area (Å²) >= 11 is 11.9. The van der Waals surface area contributed by atoms with E-state index in [1.807, 2.05) is 4.57 Å². The third-order valence-electron chi connectivity index (χ3n) is 2.98. The van der Waals surface area contributed by atoms with Gasteiger partial charge in [0.2, 0.25) is 0 Å². The number of halogens is 2. The normalized spacial score (nSPS) is 14.4. The lowest BCUT2D eigenvalue weighted by Crippen LogP contribution is -2.17. The van der Waals surface area contributed by atoms with Crippen molar-refractivity contribution in [1.29, 1.82) is 0 Å². The Labute approximate surface area is 120 Å². The van der Waals surface area contributed by atoms with Gasteiger partial charge in [0.25, 0.3) is 5.91 Å². The Morgan fingerprint density at radius 3 is 2.89 bits per heavy atom. The van der Waals surface area contributed by atoms with E-state index in [-0.39, 0.29) is 5.91 Å². The van der Waals surface area contributed by atoms with E-state index in [2.05, 4.69) is 10.3 Å². The molecule has 1 aliphatic rings. The Morgan fingerprint density at radius 1 is 1.42 bits per heavy atom. The maximum absolute atomic E-state index is 12.2. The first-order valence-electron chi connectivity index (χ1n) is 5.94. The minimum absolute atomic E-state index is 0.251. The SMILES string of the molecule is O=C(Nc1ncccc1Cl)c1cc(Cl)cn1C1CC1. The monoisotopic (exact) mass is 295 g/mol. The van der Waals surface area contributed by atoms with Gasteiger partial charge < -0.3 is 9.88 Å². The topological polar surface area (TPSA) is 46.9 Å². The molecule has 0 atom stereocenters. The van der Waals surface area contributed by atoms with Crippen LogP contribution < -0.4 is 5.32 Å². The summed E-state index contributed by atoms with van der Waals surface area (Å²) in [6, 6.07) is 5.43. The average Bonchev–Trinajstić information content (AvgIpc) is 3.15. The van der Waals surface area contributed by atoms with Crippen molar-refractivity contribution in [1.82, 2.24) is 9.55 Å². The number of carbonyl (C=O) groups is 1. The summed E-state index contributed by atoms with van der Waals surface area (Å²) in [6.07, 6.45) is 5.52. The third-order valence-corrected chi connectivity index (χ3v) is 3.49. The van der Waals surface area contributed by atoms with Crippen molar-refractivity contribution in [2.45, 2.75) is 18.9 Å². The Kier molecular flexibility index (Phi) is 3.21. The molecule has 0 radical (unpaired) electrons. The van der Waals surface area contributed by atoms with Crippen molar-refractivity contribution in [3.05, 3.63) is 46.3 Å². The van der Waals surface area contributed by atoms with Gasteiger partial charge in [-0.25, -0.2) is 4.98 Å². The van der Waals surface area contributed by atoms with Crippen LogP contribution in [0.5, 0.6) is 0 Å². The van der Waals surface area contributed by atoms with Crippen LogP contribution in [-0.4, -0.2) is 15.5 Å². The first-order chi connectivity index (χ1) is 9.15. The summed E-state index contributed by atoms with van der Waals surface area (Å²) in [5, 5.41) is 3.67. The Hall–Kier alpha value is -1.52. The van der Waals surface area contributed by atoms with Crippen LogP contribution in [-0.2, 0) is 0 Å². The van der Waals surface area contributed by atoms with E-state index in [0.717, 1.165) is 12.8 Å². The van der Waals surface area contributed by atoms with Crippen molar-refractivity contribution in [3.8, 4) is 0 Å². The number of carbonyl (C=O) groups excluding carboxylic acids is 1. The van der Waals surface area contributed by atoms with Gasteiger partial charge in [-0.3, -0.25) is 4.79 Å². The number of anilines is 1. The van der Waals surface area contributed by atoms with Crippen LogP contribution in [0, 0.1) is 0 Å². The summed E-state index contributed by atoms with van der Waals surface area (Å²) in [4.78, 5) is 16.3. The molecule has 4 nitrogen and oxygen atoms in total. The number of nitrogens with one attached hydrogen (secondary N) is 1. The zero-order valence-electron chi connectivity index (χ0n) is 9.94. The lowest BCUT2D eigenvalue weighted by molar-refractivity contribution is 0.101. The molecule has 2 aromatic rings. The van der Waals surface area contributed by atoms with Gasteiger partial charge in [-0.05, 0) is 31.0 Å². The Bertz CT molecular complexity index is 635. The summed E-state index contributed by atoms with van der Waals surface area (Å²) in [6.45, 7) is 0. The standard InChI is InChI=1S/C13H11Cl2N3O/c14-8-6-11(18(7-8)9-3-4-9)13(19)17-12-10(15)2-1-5-16-12/h1-2,5-7,9H,3-4H2,(H,16,17,19). The lowest BCUT2D eigenvalue weighted by atomic mass is 10.3. The predicted octanol–water partition coefficient (Wildman–Crippen LogP) is 3.78. The van der Waals surface area contributed by atoms with E-state index in [9.17, 15) is 4.79 Å². The lowest BCUT2D eigenvalue weighted by Gasteiger charge is -2.08. The fourth-order valence-electron chi connectivity index (χ4n) is 1.93. The van der Waals surface area contributed by atoms with Crippen molar-refractivity contribution in [2.24, 2.45) is 0 Å². The van der Waals surface area contributed by atoms with Crippen LogP contribution in [0.4, 0.5) is 5.82 Å². The molecule has 2 heterocycles. The molecule has 1 saturated carbocycles. The summed E-state index contributed by atoms with van der Waals surface area (Å²) in [5.41, 5.74) is 0.536. The van der Waals surface area contributed by atoms with Crippen molar-refractivity contribution < 1.29 is 4.79 Å². The maximum atomic E-state index is 12.2. The second kappa shape index (κ2) is 4.87. The van der Waals surface area contributed by atoms with Crippen LogP contribution >= 0.6 is 23.2 Å². The molecule has 1 aliphatic carbocycles. The summed E-state index contributed by atoms with van der Waals surface area (Å²) in [7, 11) is 0. The minimum atomic E-state index is -0.251. The van der Waals surface area contributed by atoms with Crippen LogP contribution in [0.15, 0.2) is 30.6 Å². The number of pyridine rings is 1. The number of hydrogen-bond donors (Lipinski definition) is 1. The molecular formula is C13H11Cl2N3O. The van der Waals surface area contributed by atoms with Crippen LogP contribution in [0.2, 0.25) is 10.0 Å². The van der Waals surface area contributed by atoms with Crippen LogP contribution in [0.25, 0.3) is 0 Å². The van der Waals surface area contributed by atoms with Crippen molar-refractivity contribution in [3.63, 3.8) is 0 Å². The number of amides is 1. The van der Waals surface area contributed by atoms with Crippen LogP contribution in [0.1, 0.15) is 29.4 Å². The number of rotatable bonds is 3.